The fourth-order valence-electron chi connectivity index (χ4n) is 1.60. The van der Waals surface area contributed by atoms with E-state index in [1.165, 1.54) is 0 Å². The number of hydrogen-bond donors (Lipinski definition) is 2. The van der Waals surface area contributed by atoms with E-state index in [0.717, 1.165) is 19.3 Å². The van der Waals surface area contributed by atoms with Crippen molar-refractivity contribution in [3.63, 3.8) is 0 Å². The minimum absolute atomic E-state index is 0.0883. The smallest absolute Gasteiger partial charge is 0.306 e. The van der Waals surface area contributed by atoms with Crippen molar-refractivity contribution in [1.82, 2.24) is 0 Å². The maximum Gasteiger partial charge on any atom is 0.306 e. The first kappa shape index (κ1) is 13.4. The summed E-state index contributed by atoms with van der Waals surface area (Å²) in [5, 5.41) is 18.9. The van der Waals surface area contributed by atoms with Crippen molar-refractivity contribution in [2.45, 2.75) is 50.9 Å². The Hall–Kier alpha value is -0.650. The predicted octanol–water partition coefficient (Wildman–Crippen LogP) is 0.231. The predicted molar refractivity (Wildman–Crippen MR) is 56.9 cm³/mol. The Bertz CT molecular complexity index is 218. The maximum atomic E-state index is 11.4. The van der Waals surface area contributed by atoms with Crippen LogP contribution in [-0.4, -0.2) is 47.7 Å². The quantitative estimate of drug-likeness (QED) is 0.524. The second-order valence-electron chi connectivity index (χ2n) is 4.08. The normalized spacial score (nSPS) is 30.1. The molecule has 1 rings (SSSR count). The zero-order valence-electron chi connectivity index (χ0n) is 9.59. The van der Waals surface area contributed by atoms with Crippen molar-refractivity contribution in [2.24, 2.45) is 0 Å². The van der Waals surface area contributed by atoms with Gasteiger partial charge in [0.2, 0.25) is 0 Å². The summed E-state index contributed by atoms with van der Waals surface area (Å²) in [7, 11) is 0. The molecule has 16 heavy (non-hydrogen) atoms. The summed E-state index contributed by atoms with van der Waals surface area (Å²) < 4.78 is 10.1. The Kier molecular flexibility index (Phi) is 5.73. The third kappa shape index (κ3) is 4.08. The van der Waals surface area contributed by atoms with Crippen molar-refractivity contribution in [3.05, 3.63) is 0 Å². The van der Waals surface area contributed by atoms with E-state index in [4.69, 9.17) is 9.47 Å². The largest absolute Gasteiger partial charge is 0.457 e. The van der Waals surface area contributed by atoms with Crippen LogP contribution in [0, 0.1) is 0 Å². The molecular formula is C11H20O5. The lowest BCUT2D eigenvalue weighted by molar-refractivity contribution is -0.185. The van der Waals surface area contributed by atoms with Gasteiger partial charge >= 0.3 is 5.97 Å². The number of aliphatic hydroxyl groups excluding tert-OH is 2. The topological polar surface area (TPSA) is 76.0 Å². The number of carbonyl (C=O) groups excluding carboxylic acids is 1. The highest BCUT2D eigenvalue weighted by atomic mass is 16.6. The summed E-state index contributed by atoms with van der Waals surface area (Å²) in [6.07, 6.45) is 0.432. The van der Waals surface area contributed by atoms with Crippen molar-refractivity contribution in [3.8, 4) is 0 Å². The van der Waals surface area contributed by atoms with Crippen LogP contribution in [0.5, 0.6) is 0 Å². The van der Waals surface area contributed by atoms with Crippen molar-refractivity contribution < 1.29 is 24.5 Å². The van der Waals surface area contributed by atoms with Crippen molar-refractivity contribution in [2.75, 3.05) is 13.2 Å². The highest BCUT2D eigenvalue weighted by Gasteiger charge is 2.33. The Morgan fingerprint density at radius 3 is 2.81 bits per heavy atom. The number of esters is 1. The maximum absolute atomic E-state index is 11.4. The third-order valence-corrected chi connectivity index (χ3v) is 2.61. The molecule has 0 bridgehead atoms. The Labute approximate surface area is 95.4 Å². The van der Waals surface area contributed by atoms with Gasteiger partial charge in [-0.3, -0.25) is 4.79 Å². The molecular weight excluding hydrogens is 212 g/mol. The average Bonchev–Trinajstić information content (AvgIpc) is 2.25. The molecule has 1 heterocycles. The molecule has 0 aliphatic carbocycles. The van der Waals surface area contributed by atoms with Crippen LogP contribution < -0.4 is 0 Å². The van der Waals surface area contributed by atoms with Gasteiger partial charge in [0.15, 0.2) is 6.10 Å². The van der Waals surface area contributed by atoms with Crippen LogP contribution in [0.3, 0.4) is 0 Å². The fraction of sp³-hybridized carbons (Fsp3) is 0.909. The number of hydrogen-bond acceptors (Lipinski definition) is 5. The summed E-state index contributed by atoms with van der Waals surface area (Å²) >= 11 is 0. The SMILES string of the molecule is CCCCCC(=O)O[C@H]1COC[C@@H](O)[C@@H]1O. The first-order valence-corrected chi connectivity index (χ1v) is 5.78. The molecule has 0 aromatic carbocycles. The molecule has 0 radical (unpaired) electrons. The standard InChI is InChI=1S/C11H20O5/c1-2-3-4-5-10(13)16-9-7-15-6-8(12)11(9)14/h8-9,11-12,14H,2-7H2,1H3/t8-,9+,11+/m1/s1. The minimum atomic E-state index is -1.04. The Morgan fingerprint density at radius 1 is 1.38 bits per heavy atom. The Morgan fingerprint density at radius 2 is 2.12 bits per heavy atom. The van der Waals surface area contributed by atoms with Crippen molar-refractivity contribution in [1.29, 1.82) is 0 Å². The van der Waals surface area contributed by atoms with Gasteiger partial charge in [-0.1, -0.05) is 19.8 Å². The zero-order chi connectivity index (χ0) is 12.0. The van der Waals surface area contributed by atoms with E-state index in [9.17, 15) is 15.0 Å². The highest BCUT2D eigenvalue weighted by Crippen LogP contribution is 2.13. The van der Waals surface area contributed by atoms with Gasteiger partial charge in [-0.25, -0.2) is 0 Å². The number of unbranched alkanes of at least 4 members (excludes halogenated alkanes) is 2. The first-order valence-electron chi connectivity index (χ1n) is 5.78. The summed E-state index contributed by atoms with van der Waals surface area (Å²) in [5.41, 5.74) is 0. The van der Waals surface area contributed by atoms with Crippen LogP contribution in [0.2, 0.25) is 0 Å². The lowest BCUT2D eigenvalue weighted by Gasteiger charge is -2.31. The molecule has 1 fully saturated rings. The van der Waals surface area contributed by atoms with Crippen LogP contribution in [0.4, 0.5) is 0 Å². The molecule has 0 aromatic heterocycles. The van der Waals surface area contributed by atoms with Gasteiger partial charge in [0.05, 0.1) is 13.2 Å². The van der Waals surface area contributed by atoms with E-state index in [-0.39, 0.29) is 19.2 Å². The molecule has 1 aliphatic rings. The van der Waals surface area contributed by atoms with Crippen LogP contribution in [-0.2, 0) is 14.3 Å². The molecule has 94 valence electrons. The molecule has 3 atom stereocenters. The van der Waals surface area contributed by atoms with Gasteiger partial charge in [0.25, 0.3) is 0 Å². The van der Waals surface area contributed by atoms with Crippen LogP contribution in [0.15, 0.2) is 0 Å². The van der Waals surface area contributed by atoms with Crippen LogP contribution in [0.1, 0.15) is 32.6 Å². The molecule has 0 amide bonds. The van der Waals surface area contributed by atoms with E-state index in [2.05, 4.69) is 6.92 Å². The second-order valence-corrected chi connectivity index (χ2v) is 4.08. The molecule has 1 aliphatic heterocycles. The second kappa shape index (κ2) is 6.83. The highest BCUT2D eigenvalue weighted by molar-refractivity contribution is 5.69. The summed E-state index contributed by atoms with van der Waals surface area (Å²) in [6.45, 7) is 2.29. The van der Waals surface area contributed by atoms with Gasteiger partial charge in [-0.05, 0) is 6.42 Å². The van der Waals surface area contributed by atoms with Gasteiger partial charge in [0.1, 0.15) is 12.2 Å². The van der Waals surface area contributed by atoms with E-state index in [0.29, 0.717) is 6.42 Å². The van der Waals surface area contributed by atoms with E-state index < -0.39 is 18.3 Å². The lowest BCUT2D eigenvalue weighted by Crippen LogP contribution is -2.49. The Balaban J connectivity index is 2.26. The molecule has 2 N–H and O–H groups in total. The third-order valence-electron chi connectivity index (χ3n) is 2.61. The number of carbonyl (C=O) groups is 1. The average molecular weight is 232 g/mol. The number of rotatable bonds is 5. The monoisotopic (exact) mass is 232 g/mol. The molecule has 0 unspecified atom stereocenters. The van der Waals surface area contributed by atoms with Crippen LogP contribution in [0.25, 0.3) is 0 Å². The van der Waals surface area contributed by atoms with Gasteiger partial charge in [-0.2, -0.15) is 0 Å². The molecule has 0 saturated carbocycles. The fourth-order valence-corrected chi connectivity index (χ4v) is 1.60. The molecule has 5 heteroatoms. The van der Waals surface area contributed by atoms with E-state index >= 15 is 0 Å². The summed E-state index contributed by atoms with van der Waals surface area (Å²) in [4.78, 5) is 11.4. The van der Waals surface area contributed by atoms with E-state index in [1.807, 2.05) is 0 Å². The molecule has 0 spiro atoms. The minimum Gasteiger partial charge on any atom is -0.457 e. The molecule has 5 nitrogen and oxygen atoms in total. The van der Waals surface area contributed by atoms with Crippen molar-refractivity contribution >= 4 is 5.97 Å². The molecule has 1 saturated heterocycles. The lowest BCUT2D eigenvalue weighted by atomic mass is 10.1. The number of ether oxygens (including phenoxy) is 2. The van der Waals surface area contributed by atoms with Gasteiger partial charge in [0, 0.05) is 6.42 Å². The van der Waals surface area contributed by atoms with Crippen LogP contribution >= 0.6 is 0 Å². The first-order chi connectivity index (χ1) is 7.65. The van der Waals surface area contributed by atoms with Gasteiger partial charge in [-0.15, -0.1) is 0 Å². The summed E-state index contributed by atoms with van der Waals surface area (Å²) in [5.74, 6) is -0.338. The van der Waals surface area contributed by atoms with E-state index in [1.54, 1.807) is 0 Å². The van der Waals surface area contributed by atoms with Gasteiger partial charge < -0.3 is 19.7 Å². The zero-order valence-corrected chi connectivity index (χ0v) is 9.59. The number of aliphatic hydroxyl groups is 2. The summed E-state index contributed by atoms with van der Waals surface area (Å²) in [6, 6.07) is 0. The molecule has 0 aromatic rings.